The van der Waals surface area contributed by atoms with Gasteiger partial charge in [0, 0.05) is 5.57 Å². The maximum absolute atomic E-state index is 11.9. The van der Waals surface area contributed by atoms with Crippen LogP contribution in [0.3, 0.4) is 0 Å². The Morgan fingerprint density at radius 1 is 1.44 bits per heavy atom. The van der Waals surface area contributed by atoms with Crippen molar-refractivity contribution in [3.63, 3.8) is 0 Å². The van der Waals surface area contributed by atoms with E-state index >= 15 is 0 Å². The lowest BCUT2D eigenvalue weighted by molar-refractivity contribution is -0.136. The van der Waals surface area contributed by atoms with Crippen LogP contribution >= 0.6 is 0 Å². The third kappa shape index (κ3) is 2.25. The Morgan fingerprint density at radius 3 is 2.78 bits per heavy atom. The van der Waals surface area contributed by atoms with Gasteiger partial charge in [-0.05, 0) is 56.8 Å². The normalized spacial score (nSPS) is 31.8. The smallest absolute Gasteiger partial charge is 0.333 e. The van der Waals surface area contributed by atoms with Gasteiger partial charge in [0.05, 0.1) is 7.11 Å². The number of fused-ring (bicyclic) bond motifs is 1. The molecule has 0 aromatic carbocycles. The van der Waals surface area contributed by atoms with Crippen molar-refractivity contribution in [3.8, 4) is 0 Å². The molecular weight excluding hydrogens is 224 g/mol. The molecule has 0 spiro atoms. The molecule has 2 aliphatic rings. The molecule has 2 atom stereocenters. The van der Waals surface area contributed by atoms with Gasteiger partial charge in [-0.15, -0.1) is 0 Å². The Bertz CT molecular complexity index is 405. The van der Waals surface area contributed by atoms with Gasteiger partial charge in [0.1, 0.15) is 0 Å². The summed E-state index contributed by atoms with van der Waals surface area (Å²) in [4.78, 5) is 11.9. The van der Waals surface area contributed by atoms with Crippen LogP contribution in [-0.4, -0.2) is 13.1 Å². The number of allylic oxidation sites excluding steroid dienone is 2. The zero-order chi connectivity index (χ0) is 13.3. The van der Waals surface area contributed by atoms with Crippen molar-refractivity contribution < 1.29 is 9.53 Å². The van der Waals surface area contributed by atoms with E-state index in [0.717, 1.165) is 24.8 Å². The fraction of sp³-hybridized carbons (Fsp3) is 0.688. The summed E-state index contributed by atoms with van der Waals surface area (Å²) in [5.74, 6) is 0.434. The lowest BCUT2D eigenvalue weighted by Crippen LogP contribution is -2.33. The zero-order valence-corrected chi connectivity index (χ0v) is 11.8. The number of rotatable bonds is 2. The Hall–Kier alpha value is -1.05. The molecule has 0 aromatic heterocycles. The van der Waals surface area contributed by atoms with Crippen molar-refractivity contribution in [2.24, 2.45) is 11.3 Å². The summed E-state index contributed by atoms with van der Waals surface area (Å²) in [5, 5.41) is 0. The van der Waals surface area contributed by atoms with E-state index in [1.54, 1.807) is 0 Å². The summed E-state index contributed by atoms with van der Waals surface area (Å²) in [7, 11) is 1.49. The Labute approximate surface area is 110 Å². The van der Waals surface area contributed by atoms with Crippen LogP contribution < -0.4 is 0 Å². The molecule has 2 nitrogen and oxygen atoms in total. The predicted molar refractivity (Wildman–Crippen MR) is 73.2 cm³/mol. The fourth-order valence-corrected chi connectivity index (χ4v) is 3.58. The van der Waals surface area contributed by atoms with Crippen LogP contribution in [-0.2, 0) is 9.53 Å². The number of hydrogen-bond acceptors (Lipinski definition) is 2. The highest BCUT2D eigenvalue weighted by molar-refractivity contribution is 5.89. The number of hydrogen-bond donors (Lipinski definition) is 0. The van der Waals surface area contributed by atoms with Crippen LogP contribution in [0, 0.1) is 11.3 Å². The van der Waals surface area contributed by atoms with Crippen LogP contribution in [0.15, 0.2) is 23.3 Å². The Morgan fingerprint density at radius 2 is 2.17 bits per heavy atom. The molecule has 0 radical (unpaired) electrons. The highest BCUT2D eigenvalue weighted by Gasteiger charge is 2.40. The topological polar surface area (TPSA) is 26.3 Å². The van der Waals surface area contributed by atoms with Gasteiger partial charge in [-0.25, -0.2) is 4.79 Å². The minimum Gasteiger partial charge on any atom is -0.466 e. The summed E-state index contributed by atoms with van der Waals surface area (Å²) in [6.07, 6.45) is 6.62. The maximum atomic E-state index is 11.9. The van der Waals surface area contributed by atoms with Crippen LogP contribution in [0.4, 0.5) is 0 Å². The lowest BCUT2D eigenvalue weighted by Gasteiger charge is -2.44. The number of esters is 1. The second-order valence-electron chi connectivity index (χ2n) is 6.15. The molecule has 2 heteroatoms. The van der Waals surface area contributed by atoms with Crippen molar-refractivity contribution >= 4 is 5.97 Å². The fourth-order valence-electron chi connectivity index (χ4n) is 3.58. The first-order chi connectivity index (χ1) is 8.48. The van der Waals surface area contributed by atoms with E-state index in [1.165, 1.54) is 37.5 Å². The largest absolute Gasteiger partial charge is 0.466 e. The molecule has 0 aliphatic heterocycles. The zero-order valence-electron chi connectivity index (χ0n) is 11.8. The quantitative estimate of drug-likeness (QED) is 0.545. The molecule has 1 fully saturated rings. The van der Waals surface area contributed by atoms with Crippen molar-refractivity contribution in [1.29, 1.82) is 0 Å². The van der Waals surface area contributed by atoms with Crippen LogP contribution in [0.5, 0.6) is 0 Å². The van der Waals surface area contributed by atoms with E-state index in [0.29, 0.717) is 5.92 Å². The summed E-state index contributed by atoms with van der Waals surface area (Å²) in [6.45, 7) is 8.51. The van der Waals surface area contributed by atoms with E-state index in [1.807, 2.05) is 0 Å². The molecule has 0 N–H and O–H groups in total. The third-order valence-corrected chi connectivity index (χ3v) is 4.87. The summed E-state index contributed by atoms with van der Waals surface area (Å²) >= 11 is 0. The van der Waals surface area contributed by atoms with Gasteiger partial charge in [0.25, 0.3) is 0 Å². The van der Waals surface area contributed by atoms with Crippen molar-refractivity contribution in [2.45, 2.75) is 52.4 Å². The van der Waals surface area contributed by atoms with Gasteiger partial charge in [-0.1, -0.05) is 24.6 Å². The molecule has 0 heterocycles. The standard InChI is InChI=1S/C16H24O2/c1-11(2)12-7-9-16(3)8-5-6-13(14(16)10-12)15(17)18-4/h12H,1,5-10H2,2-4H3/t12-,16-/m1/s1. The van der Waals surface area contributed by atoms with Gasteiger partial charge in [0.2, 0.25) is 0 Å². The third-order valence-electron chi connectivity index (χ3n) is 4.87. The van der Waals surface area contributed by atoms with Crippen LogP contribution in [0.2, 0.25) is 0 Å². The Kier molecular flexibility index (Phi) is 3.65. The summed E-state index contributed by atoms with van der Waals surface area (Å²) in [5.41, 5.74) is 3.80. The van der Waals surface area contributed by atoms with E-state index in [-0.39, 0.29) is 11.4 Å². The summed E-state index contributed by atoms with van der Waals surface area (Å²) in [6, 6.07) is 0. The van der Waals surface area contributed by atoms with Crippen molar-refractivity contribution in [3.05, 3.63) is 23.3 Å². The number of ether oxygens (including phenoxy) is 1. The van der Waals surface area contributed by atoms with E-state index in [4.69, 9.17) is 4.74 Å². The lowest BCUT2D eigenvalue weighted by atomic mass is 9.61. The monoisotopic (exact) mass is 248 g/mol. The van der Waals surface area contributed by atoms with Crippen LogP contribution in [0.25, 0.3) is 0 Å². The minimum atomic E-state index is -0.113. The SMILES string of the molecule is C=C(C)[C@@H]1CC[C@@]2(C)CCCC(C(=O)OC)=C2C1. The number of carbonyl (C=O) groups excluding carboxylic acids is 1. The summed E-state index contributed by atoms with van der Waals surface area (Å²) < 4.78 is 4.96. The van der Waals surface area contributed by atoms with Gasteiger partial charge in [-0.2, -0.15) is 0 Å². The molecule has 2 aliphatic carbocycles. The number of carbonyl (C=O) groups is 1. The molecule has 0 saturated heterocycles. The maximum Gasteiger partial charge on any atom is 0.333 e. The second kappa shape index (κ2) is 4.91. The van der Waals surface area contributed by atoms with Crippen molar-refractivity contribution in [1.82, 2.24) is 0 Å². The number of methoxy groups -OCH3 is 1. The first kappa shape index (κ1) is 13.4. The first-order valence-electron chi connectivity index (χ1n) is 6.94. The highest BCUT2D eigenvalue weighted by Crippen LogP contribution is 2.52. The van der Waals surface area contributed by atoms with Gasteiger partial charge < -0.3 is 4.74 Å². The molecule has 0 aromatic rings. The van der Waals surface area contributed by atoms with E-state index in [9.17, 15) is 4.79 Å². The van der Waals surface area contributed by atoms with E-state index in [2.05, 4.69) is 20.4 Å². The molecule has 1 saturated carbocycles. The molecule has 0 bridgehead atoms. The van der Waals surface area contributed by atoms with Gasteiger partial charge in [-0.3, -0.25) is 0 Å². The molecule has 18 heavy (non-hydrogen) atoms. The second-order valence-corrected chi connectivity index (χ2v) is 6.15. The molecule has 0 amide bonds. The molecule has 2 rings (SSSR count). The predicted octanol–water partition coefficient (Wildman–Crippen LogP) is 4.02. The molecule has 0 unspecified atom stereocenters. The van der Waals surface area contributed by atoms with Gasteiger partial charge in [0.15, 0.2) is 0 Å². The van der Waals surface area contributed by atoms with E-state index < -0.39 is 0 Å². The molecular formula is C16H24O2. The average Bonchev–Trinajstić information content (AvgIpc) is 2.35. The van der Waals surface area contributed by atoms with Gasteiger partial charge >= 0.3 is 5.97 Å². The first-order valence-corrected chi connectivity index (χ1v) is 6.94. The minimum absolute atomic E-state index is 0.113. The van der Waals surface area contributed by atoms with Crippen LogP contribution in [0.1, 0.15) is 52.4 Å². The average molecular weight is 248 g/mol. The Balaban J connectivity index is 2.37. The van der Waals surface area contributed by atoms with Crippen molar-refractivity contribution in [2.75, 3.05) is 7.11 Å². The highest BCUT2D eigenvalue weighted by atomic mass is 16.5. The molecule has 100 valence electrons.